The molecule has 0 unspecified atom stereocenters. The summed E-state index contributed by atoms with van der Waals surface area (Å²) >= 11 is 1.58. The van der Waals surface area contributed by atoms with Gasteiger partial charge in [-0.25, -0.2) is 4.79 Å². The molecule has 0 bridgehead atoms. The summed E-state index contributed by atoms with van der Waals surface area (Å²) in [7, 11) is 0. The van der Waals surface area contributed by atoms with Gasteiger partial charge in [0.05, 0.1) is 11.9 Å². The van der Waals surface area contributed by atoms with Crippen molar-refractivity contribution in [3.8, 4) is 0 Å². The van der Waals surface area contributed by atoms with E-state index in [1.807, 2.05) is 6.26 Å². The fourth-order valence-electron chi connectivity index (χ4n) is 0.608. The zero-order valence-corrected chi connectivity index (χ0v) is 6.35. The largest absolute Gasteiger partial charge is 0.437 e. The van der Waals surface area contributed by atoms with Crippen LogP contribution in [-0.4, -0.2) is 10.9 Å². The summed E-state index contributed by atoms with van der Waals surface area (Å²) in [6.45, 7) is 0. The third-order valence-electron chi connectivity index (χ3n) is 0.999. The number of thioether (sulfide) groups is 1. The molecule has 1 aromatic rings. The van der Waals surface area contributed by atoms with Crippen LogP contribution in [0.1, 0.15) is 5.76 Å². The van der Waals surface area contributed by atoms with Gasteiger partial charge in [0.1, 0.15) is 5.76 Å². The Balaban J connectivity index is 2.88. The van der Waals surface area contributed by atoms with Gasteiger partial charge in [0, 0.05) is 0 Å². The summed E-state index contributed by atoms with van der Waals surface area (Å²) in [6, 6.07) is 0. The summed E-state index contributed by atoms with van der Waals surface area (Å²) in [5.41, 5.74) is 0. The Labute approximate surface area is 62.0 Å². The molecule has 4 nitrogen and oxygen atoms in total. The SMILES string of the molecule is CSCc1cn(N)c(=O)o1. The van der Waals surface area contributed by atoms with Crippen molar-refractivity contribution in [1.29, 1.82) is 0 Å². The molecule has 1 aromatic heterocycles. The standard InChI is InChI=1S/C5H8N2O2S/c1-10-3-4-2-7(6)5(8)9-4/h2H,3,6H2,1H3. The number of nitrogens with zero attached hydrogens (tertiary/aromatic N) is 1. The van der Waals surface area contributed by atoms with E-state index in [-0.39, 0.29) is 0 Å². The molecular formula is C5H8N2O2S. The van der Waals surface area contributed by atoms with Gasteiger partial charge in [-0.3, -0.25) is 0 Å². The summed E-state index contributed by atoms with van der Waals surface area (Å²) in [6.07, 6.45) is 3.41. The van der Waals surface area contributed by atoms with Crippen molar-refractivity contribution in [3.05, 3.63) is 22.5 Å². The van der Waals surface area contributed by atoms with Gasteiger partial charge in [0.15, 0.2) is 0 Å². The van der Waals surface area contributed by atoms with Gasteiger partial charge in [-0.1, -0.05) is 0 Å². The lowest BCUT2D eigenvalue weighted by molar-refractivity contribution is 0.473. The van der Waals surface area contributed by atoms with Gasteiger partial charge in [0.2, 0.25) is 0 Å². The zero-order chi connectivity index (χ0) is 7.56. The number of aromatic nitrogens is 1. The van der Waals surface area contributed by atoms with E-state index >= 15 is 0 Å². The van der Waals surface area contributed by atoms with E-state index in [0.29, 0.717) is 11.5 Å². The van der Waals surface area contributed by atoms with Crippen LogP contribution in [0, 0.1) is 0 Å². The first-order chi connectivity index (χ1) is 4.74. The highest BCUT2D eigenvalue weighted by Crippen LogP contribution is 2.04. The predicted molar refractivity (Wildman–Crippen MR) is 40.3 cm³/mol. The Kier molecular flexibility index (Phi) is 2.06. The maximum Gasteiger partial charge on any atom is 0.437 e. The van der Waals surface area contributed by atoms with E-state index in [0.717, 1.165) is 4.68 Å². The lowest BCUT2D eigenvalue weighted by Crippen LogP contribution is -2.20. The van der Waals surface area contributed by atoms with Crippen molar-refractivity contribution in [3.63, 3.8) is 0 Å². The van der Waals surface area contributed by atoms with E-state index < -0.39 is 5.76 Å². The molecule has 1 rings (SSSR count). The molecular weight excluding hydrogens is 152 g/mol. The van der Waals surface area contributed by atoms with Crippen LogP contribution in [0.3, 0.4) is 0 Å². The molecule has 0 saturated carbocycles. The molecule has 0 fully saturated rings. The van der Waals surface area contributed by atoms with Gasteiger partial charge < -0.3 is 10.3 Å². The molecule has 5 heteroatoms. The molecule has 0 radical (unpaired) electrons. The smallest absolute Gasteiger partial charge is 0.411 e. The van der Waals surface area contributed by atoms with E-state index in [2.05, 4.69) is 0 Å². The maximum absolute atomic E-state index is 10.6. The number of rotatable bonds is 2. The summed E-state index contributed by atoms with van der Waals surface area (Å²) in [4.78, 5) is 10.6. The Morgan fingerprint density at radius 1 is 1.90 bits per heavy atom. The average Bonchev–Trinajstić information content (AvgIpc) is 2.14. The van der Waals surface area contributed by atoms with Crippen LogP contribution in [-0.2, 0) is 5.75 Å². The van der Waals surface area contributed by atoms with Crippen LogP contribution in [0.5, 0.6) is 0 Å². The summed E-state index contributed by atoms with van der Waals surface area (Å²) in [5.74, 6) is 5.95. The predicted octanol–water partition coefficient (Wildman–Crippen LogP) is 0.0181. The van der Waals surface area contributed by atoms with E-state index in [1.54, 1.807) is 11.8 Å². The average molecular weight is 160 g/mol. The van der Waals surface area contributed by atoms with E-state index in [4.69, 9.17) is 10.3 Å². The Bertz CT molecular complexity index is 265. The van der Waals surface area contributed by atoms with E-state index in [1.165, 1.54) is 6.20 Å². The topological polar surface area (TPSA) is 61.2 Å². The molecule has 0 saturated heterocycles. The maximum atomic E-state index is 10.6. The molecule has 0 spiro atoms. The van der Waals surface area contributed by atoms with Crippen molar-refractivity contribution >= 4 is 11.8 Å². The second-order valence-electron chi connectivity index (χ2n) is 1.80. The number of oxazole rings is 1. The molecule has 0 aliphatic carbocycles. The molecule has 0 amide bonds. The van der Waals surface area contributed by atoms with Gasteiger partial charge >= 0.3 is 5.76 Å². The fourth-order valence-corrected chi connectivity index (χ4v) is 1.03. The molecule has 1 heterocycles. The third-order valence-corrected chi connectivity index (χ3v) is 1.57. The minimum absolute atomic E-state index is 0.510. The monoisotopic (exact) mass is 160 g/mol. The third kappa shape index (κ3) is 1.36. The highest BCUT2D eigenvalue weighted by Gasteiger charge is 2.00. The lowest BCUT2D eigenvalue weighted by atomic mass is 10.6. The fraction of sp³-hybridized carbons (Fsp3) is 0.400. The Morgan fingerprint density at radius 2 is 2.60 bits per heavy atom. The van der Waals surface area contributed by atoms with E-state index in [9.17, 15) is 4.79 Å². The van der Waals surface area contributed by atoms with Crippen LogP contribution in [0.4, 0.5) is 0 Å². The van der Waals surface area contributed by atoms with Crippen LogP contribution in [0.15, 0.2) is 15.4 Å². The number of hydrogen-bond donors (Lipinski definition) is 1. The van der Waals surface area contributed by atoms with Gasteiger partial charge in [-0.15, -0.1) is 0 Å². The second-order valence-corrected chi connectivity index (χ2v) is 2.67. The highest BCUT2D eigenvalue weighted by molar-refractivity contribution is 7.97. The number of nitrogens with two attached hydrogens (primary N) is 1. The molecule has 0 aliphatic heterocycles. The normalized spacial score (nSPS) is 10.1. The Hall–Kier alpha value is -0.840. The molecule has 2 N–H and O–H groups in total. The van der Waals surface area contributed by atoms with Crippen molar-refractivity contribution in [2.24, 2.45) is 0 Å². The molecule has 0 atom stereocenters. The summed E-state index contributed by atoms with van der Waals surface area (Å²) < 4.78 is 5.65. The molecule has 10 heavy (non-hydrogen) atoms. The lowest BCUT2D eigenvalue weighted by Gasteiger charge is -1.84. The highest BCUT2D eigenvalue weighted by atomic mass is 32.2. The molecule has 0 aromatic carbocycles. The first-order valence-electron chi connectivity index (χ1n) is 2.69. The number of nitrogen functional groups attached to an aromatic ring is 1. The zero-order valence-electron chi connectivity index (χ0n) is 5.53. The van der Waals surface area contributed by atoms with Crippen molar-refractivity contribution in [2.45, 2.75) is 5.75 Å². The van der Waals surface area contributed by atoms with Crippen molar-refractivity contribution in [1.82, 2.24) is 4.68 Å². The van der Waals surface area contributed by atoms with Crippen molar-refractivity contribution < 1.29 is 4.42 Å². The Morgan fingerprint density at radius 3 is 3.00 bits per heavy atom. The van der Waals surface area contributed by atoms with Crippen LogP contribution >= 0.6 is 11.8 Å². The minimum atomic E-state index is -0.510. The minimum Gasteiger partial charge on any atom is -0.411 e. The van der Waals surface area contributed by atoms with Gasteiger partial charge in [-0.05, 0) is 6.26 Å². The van der Waals surface area contributed by atoms with Gasteiger partial charge in [-0.2, -0.15) is 16.4 Å². The first kappa shape index (κ1) is 7.27. The van der Waals surface area contributed by atoms with Gasteiger partial charge in [0.25, 0.3) is 0 Å². The summed E-state index contributed by atoms with van der Waals surface area (Å²) in [5, 5.41) is 0. The van der Waals surface area contributed by atoms with Crippen LogP contribution in [0.25, 0.3) is 0 Å². The second kappa shape index (κ2) is 2.83. The van der Waals surface area contributed by atoms with Crippen LogP contribution < -0.4 is 11.6 Å². The molecule has 56 valence electrons. The first-order valence-corrected chi connectivity index (χ1v) is 4.09. The number of hydrogen-bond acceptors (Lipinski definition) is 4. The van der Waals surface area contributed by atoms with Crippen LogP contribution in [0.2, 0.25) is 0 Å². The van der Waals surface area contributed by atoms with Crippen molar-refractivity contribution in [2.75, 3.05) is 12.1 Å². The quantitative estimate of drug-likeness (QED) is 0.619. The molecule has 0 aliphatic rings.